The average molecular weight is 256 g/mol. The number of fused-ring (bicyclic) bond motifs is 2. The minimum absolute atomic E-state index is 0.0351. The quantitative estimate of drug-likeness (QED) is 0.505. The number of anilines is 1. The van der Waals surface area contributed by atoms with Crippen LogP contribution in [0.1, 0.15) is 10.4 Å². The van der Waals surface area contributed by atoms with Crippen molar-refractivity contribution in [3.8, 4) is 11.5 Å². The van der Waals surface area contributed by atoms with E-state index in [1.54, 1.807) is 12.1 Å². The van der Waals surface area contributed by atoms with Crippen LogP contribution in [0.25, 0.3) is 22.6 Å². The van der Waals surface area contributed by atoms with Crippen LogP contribution in [0.5, 0.6) is 0 Å². The van der Waals surface area contributed by atoms with Gasteiger partial charge in [0, 0.05) is 6.07 Å². The van der Waals surface area contributed by atoms with Gasteiger partial charge in [0.15, 0.2) is 11.3 Å². The number of nitrogen functional groups attached to an aromatic ring is 1. The molecule has 3 rings (SSSR count). The Morgan fingerprint density at radius 2 is 2.11 bits per heavy atom. The molecule has 1 aromatic carbocycles. The Bertz CT molecular complexity index is 838. The summed E-state index contributed by atoms with van der Waals surface area (Å²) in [7, 11) is 0. The second-order valence-corrected chi connectivity index (χ2v) is 4.03. The summed E-state index contributed by atoms with van der Waals surface area (Å²) in [5.41, 5.74) is 6.11. The zero-order valence-electron chi connectivity index (χ0n) is 9.58. The molecule has 3 N–H and O–H groups in total. The molecule has 6 nitrogen and oxygen atoms in total. The van der Waals surface area contributed by atoms with Gasteiger partial charge in [0.05, 0.1) is 11.3 Å². The molecule has 0 saturated heterocycles. The number of nitrogens with two attached hydrogens (primary N) is 1. The summed E-state index contributed by atoms with van der Waals surface area (Å²) in [4.78, 5) is 26.8. The predicted octanol–water partition coefficient (Wildman–Crippen LogP) is 1.57. The topological polar surface area (TPSA) is 106 Å². The number of hydrogen-bond donors (Lipinski definition) is 2. The summed E-state index contributed by atoms with van der Waals surface area (Å²) in [6.07, 6.45) is 0. The van der Waals surface area contributed by atoms with Crippen molar-refractivity contribution in [1.29, 1.82) is 0 Å². The van der Waals surface area contributed by atoms with E-state index in [0.717, 1.165) is 0 Å². The Kier molecular flexibility index (Phi) is 2.25. The number of nitrogens with zero attached hydrogens (tertiary/aromatic N) is 1. The molecule has 0 aromatic heterocycles. The summed E-state index contributed by atoms with van der Waals surface area (Å²) in [5.74, 6) is -0.824. The van der Waals surface area contributed by atoms with Crippen molar-refractivity contribution in [2.75, 3.05) is 5.73 Å². The van der Waals surface area contributed by atoms with Crippen molar-refractivity contribution < 1.29 is 14.3 Å². The van der Waals surface area contributed by atoms with E-state index < -0.39 is 5.97 Å². The SMILES string of the molecule is Nc1cc2nc3c(C(=O)O)cccc3oc-2cc1=O. The smallest absolute Gasteiger partial charge is 0.338 e. The molecule has 1 aliphatic carbocycles. The van der Waals surface area contributed by atoms with Gasteiger partial charge < -0.3 is 15.3 Å². The number of aromatic carboxylic acids is 1. The molecule has 94 valence electrons. The van der Waals surface area contributed by atoms with Crippen LogP contribution in [0.3, 0.4) is 0 Å². The van der Waals surface area contributed by atoms with Gasteiger partial charge in [-0.15, -0.1) is 0 Å². The van der Waals surface area contributed by atoms with E-state index in [2.05, 4.69) is 4.98 Å². The highest BCUT2D eigenvalue weighted by molar-refractivity contribution is 6.00. The number of rotatable bonds is 1. The van der Waals surface area contributed by atoms with Gasteiger partial charge in [-0.05, 0) is 18.2 Å². The molecule has 0 fully saturated rings. The molecule has 2 aliphatic rings. The molecule has 0 amide bonds. The summed E-state index contributed by atoms with van der Waals surface area (Å²) in [5, 5.41) is 9.10. The Balaban J connectivity index is 2.47. The van der Waals surface area contributed by atoms with Gasteiger partial charge in [0.25, 0.3) is 0 Å². The van der Waals surface area contributed by atoms with Crippen molar-refractivity contribution in [3.05, 3.63) is 46.1 Å². The highest BCUT2D eigenvalue weighted by Crippen LogP contribution is 2.26. The lowest BCUT2D eigenvalue weighted by Crippen LogP contribution is -2.08. The molecule has 1 aliphatic heterocycles. The normalized spacial score (nSPS) is 10.9. The van der Waals surface area contributed by atoms with Gasteiger partial charge in [-0.25, -0.2) is 9.78 Å². The highest BCUT2D eigenvalue weighted by atomic mass is 16.4. The van der Waals surface area contributed by atoms with Gasteiger partial charge in [-0.2, -0.15) is 0 Å². The maximum Gasteiger partial charge on any atom is 0.338 e. The van der Waals surface area contributed by atoms with Crippen LogP contribution in [0.15, 0.2) is 39.5 Å². The van der Waals surface area contributed by atoms with E-state index in [-0.39, 0.29) is 28.0 Å². The number of hydrogen-bond acceptors (Lipinski definition) is 5. The summed E-state index contributed by atoms with van der Waals surface area (Å²) in [6, 6.07) is 7.20. The van der Waals surface area contributed by atoms with Gasteiger partial charge in [0.2, 0.25) is 5.43 Å². The van der Waals surface area contributed by atoms with Crippen LogP contribution >= 0.6 is 0 Å². The number of para-hydroxylation sites is 1. The van der Waals surface area contributed by atoms with Crippen molar-refractivity contribution in [2.45, 2.75) is 0 Å². The van der Waals surface area contributed by atoms with E-state index in [9.17, 15) is 9.59 Å². The van der Waals surface area contributed by atoms with Crippen molar-refractivity contribution in [2.24, 2.45) is 0 Å². The standard InChI is InChI=1S/C13H8N2O4/c14-7-4-8-11(5-9(7)16)19-10-3-1-2-6(13(17)18)12(10)15-8/h1-5H,14H2,(H,17,18). The summed E-state index contributed by atoms with van der Waals surface area (Å²) < 4.78 is 5.49. The number of carbonyl (C=O) groups is 1. The fourth-order valence-corrected chi connectivity index (χ4v) is 1.87. The van der Waals surface area contributed by atoms with E-state index in [0.29, 0.717) is 11.3 Å². The molecule has 0 spiro atoms. The minimum Gasteiger partial charge on any atom is -0.478 e. The first kappa shape index (κ1) is 11.2. The third-order valence-electron chi connectivity index (χ3n) is 2.77. The second kappa shape index (κ2) is 3.81. The molecule has 0 radical (unpaired) electrons. The number of carboxylic acid groups (broad SMARTS) is 1. The van der Waals surface area contributed by atoms with Crippen molar-refractivity contribution >= 4 is 22.8 Å². The van der Waals surface area contributed by atoms with E-state index >= 15 is 0 Å². The van der Waals surface area contributed by atoms with Crippen LogP contribution in [0.4, 0.5) is 5.69 Å². The molecule has 6 heteroatoms. The van der Waals surface area contributed by atoms with Gasteiger partial charge in [0.1, 0.15) is 11.2 Å². The maximum absolute atomic E-state index is 11.4. The van der Waals surface area contributed by atoms with Gasteiger partial charge in [-0.3, -0.25) is 4.79 Å². The third kappa shape index (κ3) is 1.70. The predicted molar refractivity (Wildman–Crippen MR) is 68.3 cm³/mol. The maximum atomic E-state index is 11.4. The monoisotopic (exact) mass is 256 g/mol. The average Bonchev–Trinajstić information content (AvgIpc) is 2.37. The van der Waals surface area contributed by atoms with Gasteiger partial charge in [-0.1, -0.05) is 6.07 Å². The van der Waals surface area contributed by atoms with Crippen LogP contribution in [0.2, 0.25) is 0 Å². The molecule has 0 unspecified atom stereocenters. The lowest BCUT2D eigenvalue weighted by molar-refractivity contribution is 0.0698. The first-order valence-electron chi connectivity index (χ1n) is 5.42. The van der Waals surface area contributed by atoms with E-state index in [4.69, 9.17) is 15.3 Å². The lowest BCUT2D eigenvalue weighted by atomic mass is 10.1. The van der Waals surface area contributed by atoms with Crippen LogP contribution in [-0.4, -0.2) is 16.1 Å². The molecule has 19 heavy (non-hydrogen) atoms. The largest absolute Gasteiger partial charge is 0.478 e. The zero-order chi connectivity index (χ0) is 13.6. The van der Waals surface area contributed by atoms with Crippen LogP contribution < -0.4 is 11.2 Å². The summed E-state index contributed by atoms with van der Waals surface area (Å²) >= 11 is 0. The van der Waals surface area contributed by atoms with E-state index in [1.165, 1.54) is 18.2 Å². The van der Waals surface area contributed by atoms with Crippen LogP contribution in [0, 0.1) is 0 Å². The fraction of sp³-hybridized carbons (Fsp3) is 0. The molecule has 0 bridgehead atoms. The van der Waals surface area contributed by atoms with Crippen LogP contribution in [-0.2, 0) is 0 Å². The highest BCUT2D eigenvalue weighted by Gasteiger charge is 2.16. The Morgan fingerprint density at radius 1 is 1.32 bits per heavy atom. The number of carboxylic acids is 1. The minimum atomic E-state index is -1.10. The molecule has 0 saturated carbocycles. The molecular formula is C13H8N2O4. The first-order valence-corrected chi connectivity index (χ1v) is 5.42. The molecule has 1 heterocycles. The van der Waals surface area contributed by atoms with Crippen molar-refractivity contribution in [1.82, 2.24) is 4.98 Å². The number of benzene rings is 2. The molecular weight excluding hydrogens is 248 g/mol. The Labute approximate surface area is 106 Å². The third-order valence-corrected chi connectivity index (χ3v) is 2.77. The lowest BCUT2D eigenvalue weighted by Gasteiger charge is -2.07. The van der Waals surface area contributed by atoms with E-state index in [1.807, 2.05) is 0 Å². The number of aromatic nitrogens is 1. The Morgan fingerprint density at radius 3 is 2.84 bits per heavy atom. The fourth-order valence-electron chi connectivity index (χ4n) is 1.87. The van der Waals surface area contributed by atoms with Gasteiger partial charge >= 0.3 is 5.97 Å². The molecule has 0 atom stereocenters. The van der Waals surface area contributed by atoms with Crippen molar-refractivity contribution in [3.63, 3.8) is 0 Å². The first-order chi connectivity index (χ1) is 9.06. The zero-order valence-corrected chi connectivity index (χ0v) is 9.58. The Hall–Kier alpha value is -2.89. The summed E-state index contributed by atoms with van der Waals surface area (Å²) in [6.45, 7) is 0. The second-order valence-electron chi connectivity index (χ2n) is 4.03. The molecule has 1 aromatic rings.